The van der Waals surface area contributed by atoms with Crippen LogP contribution >= 0.6 is 11.8 Å². The number of thioether (sulfide) groups is 1. The molecular formula is C16H18N2O3S. The molecule has 1 amide bonds. The first-order chi connectivity index (χ1) is 10.7. The van der Waals surface area contributed by atoms with Crippen molar-refractivity contribution in [1.82, 2.24) is 4.90 Å². The molecule has 0 bridgehead atoms. The smallest absolute Gasteiger partial charge is 0.292 e. The number of amides is 1. The van der Waals surface area contributed by atoms with Crippen LogP contribution in [0, 0.1) is 5.41 Å². The summed E-state index contributed by atoms with van der Waals surface area (Å²) in [6, 6.07) is 7.77. The minimum Gasteiger partial charge on any atom is -0.497 e. The summed E-state index contributed by atoms with van der Waals surface area (Å²) < 4.78 is 10.7. The van der Waals surface area contributed by atoms with Gasteiger partial charge in [0.05, 0.1) is 18.6 Å². The number of nitrogens with one attached hydrogen (secondary N) is 1. The summed E-state index contributed by atoms with van der Waals surface area (Å²) in [7, 11) is 1.63. The Hall–Kier alpha value is -1.69. The van der Waals surface area contributed by atoms with Gasteiger partial charge in [-0.15, -0.1) is 0 Å². The molecule has 4 rings (SSSR count). The van der Waals surface area contributed by atoms with Gasteiger partial charge < -0.3 is 9.47 Å². The number of nitrogens with zero attached hydrogens (tertiary/aromatic N) is 1. The van der Waals surface area contributed by atoms with Crippen molar-refractivity contribution in [3.63, 3.8) is 0 Å². The minimum atomic E-state index is -0.468. The number of carbonyl (C=O) groups is 1. The van der Waals surface area contributed by atoms with Crippen molar-refractivity contribution < 1.29 is 14.3 Å². The summed E-state index contributed by atoms with van der Waals surface area (Å²) in [5, 5.41) is 8.02. The number of fused-ring (bicyclic) bond motifs is 1. The summed E-state index contributed by atoms with van der Waals surface area (Å²) in [6.45, 7) is 0. The van der Waals surface area contributed by atoms with Gasteiger partial charge in [-0.05, 0) is 30.5 Å². The maximum absolute atomic E-state index is 13.1. The van der Waals surface area contributed by atoms with Gasteiger partial charge >= 0.3 is 0 Å². The first-order valence-corrected chi connectivity index (χ1v) is 8.62. The maximum Gasteiger partial charge on any atom is 0.292 e. The van der Waals surface area contributed by atoms with Gasteiger partial charge in [-0.2, -0.15) is 11.8 Å². The molecule has 3 aliphatic rings. The number of rotatable bonds is 3. The number of hydrogen-bond acceptors (Lipinski definition) is 5. The molecule has 0 unspecified atom stereocenters. The average Bonchev–Trinajstić information content (AvgIpc) is 3.13. The Balaban J connectivity index is 1.62. The highest BCUT2D eigenvalue weighted by Crippen LogP contribution is 2.51. The molecule has 0 radical (unpaired) electrons. The van der Waals surface area contributed by atoms with Crippen LogP contribution in [-0.4, -0.2) is 47.6 Å². The summed E-state index contributed by atoms with van der Waals surface area (Å²) in [6.07, 6.45) is 1.67. The van der Waals surface area contributed by atoms with Crippen LogP contribution in [0.3, 0.4) is 0 Å². The van der Waals surface area contributed by atoms with Gasteiger partial charge in [0.2, 0.25) is 5.91 Å². The molecule has 116 valence electrons. The highest BCUT2D eigenvalue weighted by Gasteiger charge is 2.58. The van der Waals surface area contributed by atoms with E-state index < -0.39 is 5.41 Å². The van der Waals surface area contributed by atoms with E-state index in [9.17, 15) is 4.79 Å². The zero-order chi connectivity index (χ0) is 15.3. The molecule has 22 heavy (non-hydrogen) atoms. The van der Waals surface area contributed by atoms with E-state index in [4.69, 9.17) is 14.9 Å². The number of hydrogen-bond donors (Lipinski definition) is 1. The van der Waals surface area contributed by atoms with Crippen molar-refractivity contribution >= 4 is 23.7 Å². The Morgan fingerprint density at radius 3 is 2.73 bits per heavy atom. The fourth-order valence-electron chi connectivity index (χ4n) is 3.36. The largest absolute Gasteiger partial charge is 0.497 e. The summed E-state index contributed by atoms with van der Waals surface area (Å²) in [4.78, 5) is 14.7. The van der Waals surface area contributed by atoms with Crippen LogP contribution in [0.1, 0.15) is 18.4 Å². The lowest BCUT2D eigenvalue weighted by Crippen LogP contribution is -2.46. The van der Waals surface area contributed by atoms with Crippen molar-refractivity contribution in [3.05, 3.63) is 29.8 Å². The lowest BCUT2D eigenvalue weighted by molar-refractivity contribution is -0.131. The molecular weight excluding hydrogens is 300 g/mol. The highest BCUT2D eigenvalue weighted by atomic mass is 32.2. The molecule has 3 fully saturated rings. The van der Waals surface area contributed by atoms with Crippen molar-refractivity contribution in [3.8, 4) is 5.75 Å². The number of methoxy groups -OCH3 is 1. The van der Waals surface area contributed by atoms with Crippen molar-refractivity contribution in [2.75, 3.05) is 18.6 Å². The second-order valence-electron chi connectivity index (χ2n) is 6.05. The van der Waals surface area contributed by atoms with E-state index in [-0.39, 0.29) is 24.1 Å². The Labute approximate surface area is 133 Å². The normalized spacial score (nSPS) is 28.2. The molecule has 1 aliphatic carbocycles. The monoisotopic (exact) mass is 318 g/mol. The Morgan fingerprint density at radius 1 is 1.36 bits per heavy atom. The van der Waals surface area contributed by atoms with Crippen molar-refractivity contribution in [2.24, 2.45) is 0 Å². The molecule has 2 heterocycles. The molecule has 1 saturated carbocycles. The van der Waals surface area contributed by atoms with Gasteiger partial charge in [0, 0.05) is 11.5 Å². The lowest BCUT2D eigenvalue weighted by Gasteiger charge is -2.25. The van der Waals surface area contributed by atoms with Gasteiger partial charge in [0.25, 0.3) is 6.02 Å². The Kier molecular flexibility index (Phi) is 3.11. The number of benzene rings is 1. The van der Waals surface area contributed by atoms with Crippen molar-refractivity contribution in [2.45, 2.75) is 30.4 Å². The first-order valence-electron chi connectivity index (χ1n) is 7.47. The lowest BCUT2D eigenvalue weighted by atomic mass is 9.93. The fraction of sp³-hybridized carbons (Fsp3) is 0.500. The van der Waals surface area contributed by atoms with E-state index in [2.05, 4.69) is 0 Å². The third-order valence-electron chi connectivity index (χ3n) is 4.83. The molecule has 5 nitrogen and oxygen atoms in total. The van der Waals surface area contributed by atoms with Crippen LogP contribution in [0.2, 0.25) is 0 Å². The molecule has 1 N–H and O–H groups in total. The van der Waals surface area contributed by atoms with Gasteiger partial charge in [-0.3, -0.25) is 15.1 Å². The van der Waals surface area contributed by atoms with E-state index in [0.717, 1.165) is 35.7 Å². The van der Waals surface area contributed by atoms with Crippen LogP contribution in [-0.2, 0) is 14.9 Å². The molecule has 0 aromatic heterocycles. The molecule has 0 spiro atoms. The molecule has 6 heteroatoms. The predicted molar refractivity (Wildman–Crippen MR) is 84.5 cm³/mol. The molecule has 2 atom stereocenters. The van der Waals surface area contributed by atoms with E-state index in [0.29, 0.717) is 0 Å². The average molecular weight is 318 g/mol. The molecule has 2 aliphatic heterocycles. The maximum atomic E-state index is 13.1. The number of amidine groups is 1. The number of carbonyl (C=O) groups excluding carboxylic acids is 1. The molecule has 1 aromatic carbocycles. The van der Waals surface area contributed by atoms with Gasteiger partial charge in [0.1, 0.15) is 11.9 Å². The quantitative estimate of drug-likeness (QED) is 0.926. The second-order valence-corrected chi connectivity index (χ2v) is 7.13. The van der Waals surface area contributed by atoms with Crippen LogP contribution in [0.15, 0.2) is 24.3 Å². The Bertz CT molecular complexity index is 627. The minimum absolute atomic E-state index is 0.00637. The van der Waals surface area contributed by atoms with Gasteiger partial charge in [-0.25, -0.2) is 0 Å². The van der Waals surface area contributed by atoms with Gasteiger partial charge in [0.15, 0.2) is 0 Å². The number of ether oxygens (including phenoxy) is 2. The zero-order valence-electron chi connectivity index (χ0n) is 12.4. The fourth-order valence-corrected chi connectivity index (χ4v) is 4.63. The van der Waals surface area contributed by atoms with Crippen LogP contribution < -0.4 is 4.74 Å². The standard InChI is InChI=1S/C16H18N2O3S/c1-20-11-4-2-10(3-5-11)16(6-7-16)14(19)18-12-8-22-9-13(12)21-15(18)17/h2-5,12-13,17H,6-9H2,1H3/t12-,13+/m0/s1. The van der Waals surface area contributed by atoms with E-state index in [1.165, 1.54) is 0 Å². The SMILES string of the molecule is COc1ccc(C2(C(=O)N3C(=N)O[C@@H]4CSC[C@@H]43)CC2)cc1. The topological polar surface area (TPSA) is 62.6 Å². The summed E-state index contributed by atoms with van der Waals surface area (Å²) >= 11 is 1.79. The van der Waals surface area contributed by atoms with E-state index >= 15 is 0 Å². The third-order valence-corrected chi connectivity index (χ3v) is 5.98. The molecule has 2 saturated heterocycles. The predicted octanol–water partition coefficient (Wildman–Crippen LogP) is 2.00. The van der Waals surface area contributed by atoms with Gasteiger partial charge in [-0.1, -0.05) is 12.1 Å². The van der Waals surface area contributed by atoms with E-state index in [1.54, 1.807) is 23.8 Å². The molecule has 1 aromatic rings. The first kappa shape index (κ1) is 13.9. The summed E-state index contributed by atoms with van der Waals surface area (Å²) in [5.41, 5.74) is 0.546. The Morgan fingerprint density at radius 2 is 2.09 bits per heavy atom. The van der Waals surface area contributed by atoms with Crippen LogP contribution in [0.4, 0.5) is 0 Å². The van der Waals surface area contributed by atoms with Crippen LogP contribution in [0.5, 0.6) is 5.75 Å². The van der Waals surface area contributed by atoms with E-state index in [1.807, 2.05) is 24.3 Å². The third kappa shape index (κ3) is 1.93. The highest BCUT2D eigenvalue weighted by molar-refractivity contribution is 7.99. The summed E-state index contributed by atoms with van der Waals surface area (Å²) in [5.74, 6) is 2.54. The zero-order valence-corrected chi connectivity index (χ0v) is 13.2. The second kappa shape index (κ2) is 4.91. The van der Waals surface area contributed by atoms with Crippen LogP contribution in [0.25, 0.3) is 0 Å². The van der Waals surface area contributed by atoms with Crippen molar-refractivity contribution in [1.29, 1.82) is 5.41 Å².